The summed E-state index contributed by atoms with van der Waals surface area (Å²) >= 11 is 5.80. The first-order valence-corrected chi connectivity index (χ1v) is 3.58. The Kier molecular flexibility index (Phi) is 2.15. The molecule has 1 nitrogen and oxygen atoms in total. The van der Waals surface area contributed by atoms with Crippen molar-refractivity contribution in [3.05, 3.63) is 0 Å². The van der Waals surface area contributed by atoms with Gasteiger partial charge in [-0.25, -0.2) is 0 Å². The number of alkyl halides is 1. The highest BCUT2D eigenvalue weighted by Crippen LogP contribution is 2.21. The molecule has 1 rings (SSSR count). The Bertz CT molecular complexity index is 56.9. The van der Waals surface area contributed by atoms with Crippen molar-refractivity contribution in [1.29, 1.82) is 0 Å². The summed E-state index contributed by atoms with van der Waals surface area (Å²) in [7, 11) is 0. The molecule has 8 heavy (non-hydrogen) atoms. The van der Waals surface area contributed by atoms with Crippen molar-refractivity contribution >= 4 is 11.6 Å². The van der Waals surface area contributed by atoms with E-state index in [1.165, 1.54) is 0 Å². The van der Waals surface area contributed by atoms with Crippen LogP contribution in [0.2, 0.25) is 0 Å². The molecule has 0 aromatic heterocycles. The second-order valence-corrected chi connectivity index (χ2v) is 3.07. The lowest BCUT2D eigenvalue weighted by Crippen LogP contribution is -2.19. The highest BCUT2D eigenvalue weighted by atomic mass is 35.5. The summed E-state index contributed by atoms with van der Waals surface area (Å²) in [6, 6.07) is 0.185. The molecule has 0 aromatic rings. The lowest BCUT2D eigenvalue weighted by Gasteiger charge is -2.19. The molecule has 1 N–H and O–H groups in total. The Morgan fingerprint density at radius 1 is 1.12 bits per heavy atom. The zero-order valence-corrected chi connectivity index (χ0v) is 5.62. The van der Waals surface area contributed by atoms with E-state index < -0.39 is 0 Å². The normalized spacial score (nSPS) is 39.8. The summed E-state index contributed by atoms with van der Waals surface area (Å²) < 4.78 is 0. The average Bonchev–Trinajstić information content (AvgIpc) is 1.77. The second kappa shape index (κ2) is 2.70. The van der Waals surface area contributed by atoms with Crippen molar-refractivity contribution in [2.75, 3.05) is 0 Å². The molecule has 1 radical (unpaired) electrons. The fourth-order valence-corrected chi connectivity index (χ4v) is 1.30. The average molecular weight is 133 g/mol. The van der Waals surface area contributed by atoms with Gasteiger partial charge in [-0.2, -0.15) is 0 Å². The summed E-state index contributed by atoms with van der Waals surface area (Å²) in [4.78, 5) is 0. The van der Waals surface area contributed by atoms with Crippen LogP contribution < -0.4 is 5.73 Å². The van der Waals surface area contributed by atoms with Gasteiger partial charge < -0.3 is 0 Å². The number of rotatable bonds is 0. The van der Waals surface area contributed by atoms with E-state index in [0.29, 0.717) is 5.38 Å². The predicted molar refractivity (Wildman–Crippen MR) is 35.0 cm³/mol. The number of hydrogen-bond acceptors (Lipinski definition) is 0. The molecule has 47 valence electrons. The molecule has 1 fully saturated rings. The van der Waals surface area contributed by atoms with E-state index in [2.05, 4.69) is 0 Å². The fourth-order valence-electron chi connectivity index (χ4n) is 1.05. The van der Waals surface area contributed by atoms with Gasteiger partial charge in [0.15, 0.2) is 0 Å². The molecular formula is C6H11ClN. The smallest absolute Gasteiger partial charge is 0.0337 e. The fraction of sp³-hybridized carbons (Fsp3) is 1.00. The first kappa shape index (κ1) is 6.37. The molecule has 0 atom stereocenters. The van der Waals surface area contributed by atoms with E-state index in [0.717, 1.165) is 25.7 Å². The minimum atomic E-state index is 0.185. The molecule has 0 saturated heterocycles. The Hall–Kier alpha value is 0.250. The van der Waals surface area contributed by atoms with Gasteiger partial charge in [-0.1, -0.05) is 0 Å². The van der Waals surface area contributed by atoms with Crippen LogP contribution in [0.5, 0.6) is 0 Å². The predicted octanol–water partition coefficient (Wildman–Crippen LogP) is 1.82. The number of halogens is 1. The Morgan fingerprint density at radius 3 is 2.00 bits per heavy atom. The number of nitrogens with one attached hydrogen (secondary N) is 1. The summed E-state index contributed by atoms with van der Waals surface area (Å²) in [6.07, 6.45) is 4.12. The molecule has 1 saturated carbocycles. The Labute approximate surface area is 55.2 Å². The monoisotopic (exact) mass is 132 g/mol. The maximum atomic E-state index is 7.30. The van der Waals surface area contributed by atoms with Gasteiger partial charge in [0.25, 0.3) is 0 Å². The lowest BCUT2D eigenvalue weighted by molar-refractivity contribution is 0.438. The molecule has 0 heterocycles. The topological polar surface area (TPSA) is 23.8 Å². The zero-order valence-electron chi connectivity index (χ0n) is 4.86. The standard InChI is InChI=1S/C6H11ClN/c7-5-1-3-6(8)4-2-5/h5-6,8H,1-4H2. The van der Waals surface area contributed by atoms with Crippen molar-refractivity contribution in [3.8, 4) is 0 Å². The van der Waals surface area contributed by atoms with E-state index in [-0.39, 0.29) is 6.04 Å². The van der Waals surface area contributed by atoms with Crippen LogP contribution in [0.25, 0.3) is 0 Å². The van der Waals surface area contributed by atoms with Crippen molar-refractivity contribution < 1.29 is 0 Å². The zero-order chi connectivity index (χ0) is 5.98. The summed E-state index contributed by atoms with van der Waals surface area (Å²) in [5, 5.41) is 0.372. The van der Waals surface area contributed by atoms with Gasteiger partial charge in [-0.15, -0.1) is 11.6 Å². The van der Waals surface area contributed by atoms with E-state index in [1.807, 2.05) is 0 Å². The largest absolute Gasteiger partial charge is 0.255 e. The van der Waals surface area contributed by atoms with Crippen LogP contribution in [-0.4, -0.2) is 11.4 Å². The van der Waals surface area contributed by atoms with Crippen molar-refractivity contribution in [1.82, 2.24) is 5.73 Å². The lowest BCUT2D eigenvalue weighted by atomic mass is 9.96. The Balaban J connectivity index is 2.19. The van der Waals surface area contributed by atoms with Gasteiger partial charge in [0.2, 0.25) is 0 Å². The summed E-state index contributed by atoms with van der Waals surface area (Å²) in [5.41, 5.74) is 7.30. The maximum Gasteiger partial charge on any atom is 0.0337 e. The van der Waals surface area contributed by atoms with Gasteiger partial charge in [-0.3, -0.25) is 5.73 Å². The molecule has 1 aliphatic rings. The highest BCUT2D eigenvalue weighted by molar-refractivity contribution is 6.20. The van der Waals surface area contributed by atoms with Crippen LogP contribution in [0.4, 0.5) is 0 Å². The molecular weight excluding hydrogens is 122 g/mol. The van der Waals surface area contributed by atoms with Gasteiger partial charge in [-0.05, 0) is 25.7 Å². The van der Waals surface area contributed by atoms with Crippen LogP contribution in [0.3, 0.4) is 0 Å². The van der Waals surface area contributed by atoms with Crippen molar-refractivity contribution in [3.63, 3.8) is 0 Å². The molecule has 1 aliphatic carbocycles. The summed E-state index contributed by atoms with van der Waals surface area (Å²) in [6.45, 7) is 0. The maximum absolute atomic E-state index is 7.30. The molecule has 2 heteroatoms. The van der Waals surface area contributed by atoms with Gasteiger partial charge in [0.1, 0.15) is 0 Å². The minimum Gasteiger partial charge on any atom is -0.255 e. The van der Waals surface area contributed by atoms with E-state index >= 15 is 0 Å². The van der Waals surface area contributed by atoms with Gasteiger partial charge in [0, 0.05) is 11.4 Å². The highest BCUT2D eigenvalue weighted by Gasteiger charge is 2.15. The minimum absolute atomic E-state index is 0.185. The van der Waals surface area contributed by atoms with E-state index in [4.69, 9.17) is 17.3 Å². The molecule has 0 spiro atoms. The Morgan fingerprint density at radius 2 is 1.62 bits per heavy atom. The SMILES string of the molecule is [NH]C1CCC(Cl)CC1. The van der Waals surface area contributed by atoms with Crippen LogP contribution >= 0.6 is 11.6 Å². The van der Waals surface area contributed by atoms with E-state index in [1.54, 1.807) is 0 Å². The molecule has 0 aromatic carbocycles. The number of hydrogen-bond donors (Lipinski definition) is 0. The molecule has 0 unspecified atom stereocenters. The second-order valence-electron chi connectivity index (χ2n) is 2.45. The van der Waals surface area contributed by atoms with Gasteiger partial charge in [0.05, 0.1) is 0 Å². The molecule has 0 bridgehead atoms. The third kappa shape index (κ3) is 1.64. The van der Waals surface area contributed by atoms with Crippen LogP contribution in [0, 0.1) is 0 Å². The van der Waals surface area contributed by atoms with Gasteiger partial charge >= 0.3 is 0 Å². The quantitative estimate of drug-likeness (QED) is 0.449. The van der Waals surface area contributed by atoms with Crippen molar-refractivity contribution in [2.24, 2.45) is 0 Å². The first-order chi connectivity index (χ1) is 3.79. The summed E-state index contributed by atoms with van der Waals surface area (Å²) in [5.74, 6) is 0. The molecule has 0 amide bonds. The third-order valence-corrected chi connectivity index (χ3v) is 2.09. The van der Waals surface area contributed by atoms with Crippen molar-refractivity contribution in [2.45, 2.75) is 37.1 Å². The van der Waals surface area contributed by atoms with Crippen LogP contribution in [0.1, 0.15) is 25.7 Å². The first-order valence-electron chi connectivity index (χ1n) is 3.14. The van der Waals surface area contributed by atoms with Crippen LogP contribution in [0.15, 0.2) is 0 Å². The molecule has 0 aliphatic heterocycles. The third-order valence-electron chi connectivity index (χ3n) is 1.66. The van der Waals surface area contributed by atoms with Crippen LogP contribution in [-0.2, 0) is 0 Å². The van der Waals surface area contributed by atoms with E-state index in [9.17, 15) is 0 Å².